The monoisotopic (exact) mass is 403 g/mol. The van der Waals surface area contributed by atoms with E-state index in [1.807, 2.05) is 29.2 Å². The summed E-state index contributed by atoms with van der Waals surface area (Å²) in [5.74, 6) is -0.589. The lowest BCUT2D eigenvalue weighted by atomic mass is 9.99. The van der Waals surface area contributed by atoms with Gasteiger partial charge in [0, 0.05) is 30.8 Å². The molecule has 0 unspecified atom stereocenters. The Hall–Kier alpha value is -3.20. The number of alkyl halides is 3. The average Bonchev–Trinajstić information content (AvgIpc) is 3.14. The van der Waals surface area contributed by atoms with Gasteiger partial charge in [0.15, 0.2) is 0 Å². The Bertz CT molecular complexity index is 1010. The van der Waals surface area contributed by atoms with Crippen molar-refractivity contribution in [2.45, 2.75) is 12.7 Å². The van der Waals surface area contributed by atoms with Crippen molar-refractivity contribution >= 4 is 5.97 Å². The van der Waals surface area contributed by atoms with E-state index in [0.717, 1.165) is 17.7 Å². The lowest BCUT2D eigenvalue weighted by Crippen LogP contribution is -2.49. The predicted octanol–water partition coefficient (Wildman–Crippen LogP) is 3.94. The van der Waals surface area contributed by atoms with Gasteiger partial charge in [0.05, 0.1) is 11.5 Å². The molecule has 1 aromatic heterocycles. The van der Waals surface area contributed by atoms with Crippen molar-refractivity contribution in [3.05, 3.63) is 59.7 Å². The molecule has 0 radical (unpaired) electrons. The van der Waals surface area contributed by atoms with Crippen molar-refractivity contribution in [3.8, 4) is 22.8 Å². The Morgan fingerprint density at radius 1 is 1.07 bits per heavy atom. The number of likely N-dealkylation sites (tertiary alicyclic amines) is 1. The number of benzene rings is 2. The van der Waals surface area contributed by atoms with Crippen molar-refractivity contribution in [3.63, 3.8) is 0 Å². The fourth-order valence-corrected chi connectivity index (χ4v) is 3.13. The lowest BCUT2D eigenvalue weighted by Gasteiger charge is -2.36. The molecule has 0 bridgehead atoms. The van der Waals surface area contributed by atoms with E-state index in [2.05, 4.69) is 10.1 Å². The van der Waals surface area contributed by atoms with Gasteiger partial charge in [-0.05, 0) is 29.8 Å². The standard InChI is InChI=1S/C20H16F3N3O3/c21-20(22,23)16-7-5-14(6-8-16)18-24-17(25-29-18)13-3-1-12(2-4-13)9-26-10-15(11-26)19(27)28/h1-8,15H,9-11H2,(H,27,28). The summed E-state index contributed by atoms with van der Waals surface area (Å²) in [5.41, 5.74) is 1.40. The van der Waals surface area contributed by atoms with Crippen LogP contribution in [0.1, 0.15) is 11.1 Å². The summed E-state index contributed by atoms with van der Waals surface area (Å²) in [5, 5.41) is 12.8. The molecular weight excluding hydrogens is 387 g/mol. The van der Waals surface area contributed by atoms with Crippen LogP contribution in [0.25, 0.3) is 22.8 Å². The zero-order chi connectivity index (χ0) is 20.6. The molecule has 0 saturated carbocycles. The van der Waals surface area contributed by atoms with Crippen LogP contribution in [0.3, 0.4) is 0 Å². The smallest absolute Gasteiger partial charge is 0.416 e. The molecule has 2 aromatic carbocycles. The molecule has 0 amide bonds. The molecule has 4 rings (SSSR count). The van der Waals surface area contributed by atoms with Gasteiger partial charge in [0.25, 0.3) is 5.89 Å². The molecule has 1 aliphatic heterocycles. The Balaban J connectivity index is 1.42. The van der Waals surface area contributed by atoms with Crippen LogP contribution in [-0.2, 0) is 17.5 Å². The molecule has 6 nitrogen and oxygen atoms in total. The van der Waals surface area contributed by atoms with Crippen molar-refractivity contribution < 1.29 is 27.6 Å². The third kappa shape index (κ3) is 4.14. The topological polar surface area (TPSA) is 79.5 Å². The summed E-state index contributed by atoms with van der Waals surface area (Å²) in [4.78, 5) is 17.1. The molecule has 2 heterocycles. The number of carbonyl (C=O) groups is 1. The highest BCUT2D eigenvalue weighted by Crippen LogP contribution is 2.31. The van der Waals surface area contributed by atoms with Crippen LogP contribution in [0.15, 0.2) is 53.1 Å². The first-order valence-corrected chi connectivity index (χ1v) is 8.85. The van der Waals surface area contributed by atoms with E-state index in [1.165, 1.54) is 12.1 Å². The van der Waals surface area contributed by atoms with Crippen molar-refractivity contribution in [2.75, 3.05) is 13.1 Å². The number of halogens is 3. The number of rotatable bonds is 5. The predicted molar refractivity (Wildman–Crippen MR) is 96.6 cm³/mol. The highest BCUT2D eigenvalue weighted by molar-refractivity contribution is 5.71. The minimum Gasteiger partial charge on any atom is -0.481 e. The molecule has 1 N–H and O–H groups in total. The largest absolute Gasteiger partial charge is 0.481 e. The molecule has 0 spiro atoms. The number of nitrogens with zero attached hydrogens (tertiary/aromatic N) is 3. The Morgan fingerprint density at radius 3 is 2.28 bits per heavy atom. The van der Waals surface area contributed by atoms with Crippen LogP contribution >= 0.6 is 0 Å². The fraction of sp³-hybridized carbons (Fsp3) is 0.250. The summed E-state index contributed by atoms with van der Waals surface area (Å²) in [6.45, 7) is 1.74. The van der Waals surface area contributed by atoms with E-state index >= 15 is 0 Å². The number of aromatic nitrogens is 2. The number of carboxylic acid groups (broad SMARTS) is 1. The highest BCUT2D eigenvalue weighted by atomic mass is 19.4. The highest BCUT2D eigenvalue weighted by Gasteiger charge is 2.32. The van der Waals surface area contributed by atoms with Gasteiger partial charge in [0.1, 0.15) is 0 Å². The second-order valence-corrected chi connectivity index (χ2v) is 6.92. The van der Waals surface area contributed by atoms with Crippen molar-refractivity contribution in [1.82, 2.24) is 15.0 Å². The Labute approximate surface area is 163 Å². The summed E-state index contributed by atoms with van der Waals surface area (Å²) in [6.07, 6.45) is -4.40. The van der Waals surface area contributed by atoms with Crippen molar-refractivity contribution in [1.29, 1.82) is 0 Å². The zero-order valence-corrected chi connectivity index (χ0v) is 15.1. The normalized spacial score (nSPS) is 15.3. The molecule has 0 atom stereocenters. The summed E-state index contributed by atoms with van der Waals surface area (Å²) >= 11 is 0. The van der Waals surface area contributed by atoms with Crippen LogP contribution in [0.5, 0.6) is 0 Å². The second kappa shape index (κ2) is 7.32. The maximum absolute atomic E-state index is 12.7. The maximum atomic E-state index is 12.7. The van der Waals surface area contributed by atoms with Gasteiger partial charge >= 0.3 is 12.1 Å². The first kappa shape index (κ1) is 19.1. The molecule has 0 aliphatic carbocycles. The molecule has 1 saturated heterocycles. The first-order valence-electron chi connectivity index (χ1n) is 8.85. The Kier molecular flexibility index (Phi) is 4.83. The van der Waals surface area contributed by atoms with Crippen LogP contribution in [0.2, 0.25) is 0 Å². The molecule has 29 heavy (non-hydrogen) atoms. The van der Waals surface area contributed by atoms with Crippen molar-refractivity contribution in [2.24, 2.45) is 5.92 Å². The third-order valence-electron chi connectivity index (χ3n) is 4.81. The van der Waals surface area contributed by atoms with E-state index in [0.29, 0.717) is 36.6 Å². The molecular formula is C20H16F3N3O3. The molecule has 1 fully saturated rings. The zero-order valence-electron chi connectivity index (χ0n) is 15.1. The second-order valence-electron chi connectivity index (χ2n) is 6.92. The fourth-order valence-electron chi connectivity index (χ4n) is 3.13. The van der Waals surface area contributed by atoms with Crippen LogP contribution in [-0.4, -0.2) is 39.2 Å². The van der Waals surface area contributed by atoms with Gasteiger partial charge in [-0.3, -0.25) is 9.69 Å². The molecule has 150 valence electrons. The third-order valence-corrected chi connectivity index (χ3v) is 4.81. The van der Waals surface area contributed by atoms with Crippen LogP contribution in [0, 0.1) is 5.92 Å². The SMILES string of the molecule is O=C(O)C1CN(Cc2ccc(-c3noc(-c4ccc(C(F)(F)F)cc4)n3)cc2)C1. The van der Waals surface area contributed by atoms with E-state index in [1.54, 1.807) is 0 Å². The van der Waals surface area contributed by atoms with Crippen LogP contribution < -0.4 is 0 Å². The number of aliphatic carboxylic acids is 1. The van der Waals surface area contributed by atoms with Gasteiger partial charge in [-0.1, -0.05) is 29.4 Å². The summed E-state index contributed by atoms with van der Waals surface area (Å²) < 4.78 is 43.2. The lowest BCUT2D eigenvalue weighted by molar-refractivity contribution is -0.147. The van der Waals surface area contributed by atoms with Gasteiger partial charge < -0.3 is 9.63 Å². The van der Waals surface area contributed by atoms with E-state index in [4.69, 9.17) is 9.63 Å². The van der Waals surface area contributed by atoms with E-state index in [-0.39, 0.29) is 11.8 Å². The quantitative estimate of drug-likeness (QED) is 0.695. The molecule has 1 aliphatic rings. The average molecular weight is 403 g/mol. The number of carboxylic acids is 1. The van der Waals surface area contributed by atoms with Gasteiger partial charge in [-0.25, -0.2) is 0 Å². The minimum atomic E-state index is -4.40. The van der Waals surface area contributed by atoms with Gasteiger partial charge in [0.2, 0.25) is 5.82 Å². The van der Waals surface area contributed by atoms with Gasteiger partial charge in [-0.15, -0.1) is 0 Å². The number of hydrogen-bond acceptors (Lipinski definition) is 5. The maximum Gasteiger partial charge on any atom is 0.416 e. The summed E-state index contributed by atoms with van der Waals surface area (Å²) in [7, 11) is 0. The minimum absolute atomic E-state index is 0.137. The number of hydrogen-bond donors (Lipinski definition) is 1. The Morgan fingerprint density at radius 2 is 1.69 bits per heavy atom. The van der Waals surface area contributed by atoms with E-state index in [9.17, 15) is 18.0 Å². The molecule has 3 aromatic rings. The van der Waals surface area contributed by atoms with Gasteiger partial charge in [-0.2, -0.15) is 18.2 Å². The van der Waals surface area contributed by atoms with Crippen LogP contribution in [0.4, 0.5) is 13.2 Å². The first-order chi connectivity index (χ1) is 13.8. The summed E-state index contributed by atoms with van der Waals surface area (Å²) in [6, 6.07) is 12.0. The van der Waals surface area contributed by atoms with E-state index < -0.39 is 17.7 Å². The molecule has 9 heteroatoms.